The largest absolute Gasteiger partial charge is 0.352 e. The minimum atomic E-state index is -0.549. The molecule has 15 heavy (non-hydrogen) atoms. The number of rotatable bonds is 3. The van der Waals surface area contributed by atoms with Crippen LogP contribution in [-0.4, -0.2) is 17.4 Å². The molecule has 6 heteroatoms. The van der Waals surface area contributed by atoms with Crippen molar-refractivity contribution in [1.82, 2.24) is 5.32 Å². The van der Waals surface area contributed by atoms with Crippen LogP contribution in [0.4, 0.5) is 5.69 Å². The summed E-state index contributed by atoms with van der Waals surface area (Å²) >= 11 is 1.96. The molecule has 1 rings (SSSR count). The minimum Gasteiger partial charge on any atom is -0.352 e. The van der Waals surface area contributed by atoms with Gasteiger partial charge in [-0.05, 0) is 41.6 Å². The van der Waals surface area contributed by atoms with E-state index in [1.54, 1.807) is 13.0 Å². The first-order valence-corrected chi connectivity index (χ1v) is 5.36. The molecule has 0 saturated carbocycles. The fourth-order valence-corrected chi connectivity index (χ4v) is 1.58. The molecule has 0 atom stereocenters. The molecular weight excluding hydrogens is 311 g/mol. The number of carbonyl (C=O) groups excluding carboxylic acids is 1. The van der Waals surface area contributed by atoms with Crippen molar-refractivity contribution in [3.63, 3.8) is 0 Å². The maximum atomic E-state index is 11.5. The van der Waals surface area contributed by atoms with E-state index in [-0.39, 0.29) is 11.3 Å². The van der Waals surface area contributed by atoms with Crippen molar-refractivity contribution in [2.24, 2.45) is 0 Å². The van der Waals surface area contributed by atoms with E-state index in [0.717, 1.165) is 3.57 Å². The van der Waals surface area contributed by atoms with Gasteiger partial charge in [-0.2, -0.15) is 0 Å². The zero-order valence-corrected chi connectivity index (χ0v) is 10.1. The number of nitrogens with zero attached hydrogens (tertiary/aromatic N) is 1. The van der Waals surface area contributed by atoms with Crippen molar-refractivity contribution < 1.29 is 9.72 Å². The highest BCUT2D eigenvalue weighted by Crippen LogP contribution is 2.21. The molecular formula is C9H9IN2O3. The molecule has 0 spiro atoms. The summed E-state index contributed by atoms with van der Waals surface area (Å²) in [5.74, 6) is -0.416. The van der Waals surface area contributed by atoms with Crippen molar-refractivity contribution in [3.8, 4) is 0 Å². The standard InChI is InChI=1S/C9H9IN2O3/c1-2-11-9(13)7-4-3-6(10)5-8(7)12(14)15/h3-5H,2H2,1H3,(H,11,13). The predicted octanol–water partition coefficient (Wildman–Crippen LogP) is 1.95. The van der Waals surface area contributed by atoms with Crippen LogP contribution in [0, 0.1) is 13.7 Å². The summed E-state index contributed by atoms with van der Waals surface area (Å²) in [6.45, 7) is 2.21. The lowest BCUT2D eigenvalue weighted by molar-refractivity contribution is -0.385. The van der Waals surface area contributed by atoms with Crippen LogP contribution in [0.5, 0.6) is 0 Å². The number of hydrogen-bond donors (Lipinski definition) is 1. The molecule has 1 N–H and O–H groups in total. The predicted molar refractivity (Wildman–Crippen MR) is 63.8 cm³/mol. The smallest absolute Gasteiger partial charge is 0.283 e. The number of nitro groups is 1. The summed E-state index contributed by atoms with van der Waals surface area (Å²) in [5.41, 5.74) is -0.0601. The Bertz CT molecular complexity index is 406. The highest BCUT2D eigenvalue weighted by atomic mass is 127. The molecule has 0 radical (unpaired) electrons. The Morgan fingerprint density at radius 2 is 2.27 bits per heavy atom. The number of halogens is 1. The zero-order valence-electron chi connectivity index (χ0n) is 7.99. The van der Waals surface area contributed by atoms with E-state index in [2.05, 4.69) is 5.32 Å². The first-order valence-electron chi connectivity index (χ1n) is 4.28. The van der Waals surface area contributed by atoms with Crippen molar-refractivity contribution in [2.75, 3.05) is 6.54 Å². The van der Waals surface area contributed by atoms with Gasteiger partial charge < -0.3 is 5.32 Å². The minimum absolute atomic E-state index is 0.0993. The summed E-state index contributed by atoms with van der Waals surface area (Å²) < 4.78 is 0.729. The molecule has 0 heterocycles. The van der Waals surface area contributed by atoms with Gasteiger partial charge in [0.25, 0.3) is 11.6 Å². The molecule has 0 bridgehead atoms. The van der Waals surface area contributed by atoms with Crippen LogP contribution in [0.3, 0.4) is 0 Å². The van der Waals surface area contributed by atoms with Gasteiger partial charge in [0.15, 0.2) is 0 Å². The second-order valence-electron chi connectivity index (χ2n) is 2.78. The number of nitrogens with one attached hydrogen (secondary N) is 1. The number of hydrogen-bond acceptors (Lipinski definition) is 3. The molecule has 0 fully saturated rings. The number of nitro benzene ring substituents is 1. The zero-order chi connectivity index (χ0) is 11.4. The van der Waals surface area contributed by atoms with Crippen molar-refractivity contribution >= 4 is 34.2 Å². The number of carbonyl (C=O) groups is 1. The van der Waals surface area contributed by atoms with E-state index in [9.17, 15) is 14.9 Å². The third-order valence-electron chi connectivity index (χ3n) is 1.74. The monoisotopic (exact) mass is 320 g/mol. The SMILES string of the molecule is CCNC(=O)c1ccc(I)cc1[N+](=O)[O-]. The van der Waals surface area contributed by atoms with Crippen molar-refractivity contribution in [2.45, 2.75) is 6.92 Å². The fourth-order valence-electron chi connectivity index (χ4n) is 1.10. The van der Waals surface area contributed by atoms with E-state index < -0.39 is 10.8 Å². The maximum Gasteiger partial charge on any atom is 0.283 e. The Morgan fingerprint density at radius 3 is 2.80 bits per heavy atom. The Hall–Kier alpha value is -1.18. The summed E-state index contributed by atoms with van der Waals surface area (Å²) in [6, 6.07) is 4.51. The van der Waals surface area contributed by atoms with Crippen LogP contribution in [-0.2, 0) is 0 Å². The third-order valence-corrected chi connectivity index (χ3v) is 2.41. The van der Waals surface area contributed by atoms with Gasteiger partial charge in [0.2, 0.25) is 0 Å². The second kappa shape index (κ2) is 5.06. The Labute approximate surface area is 100 Å². The molecule has 1 aromatic carbocycles. The van der Waals surface area contributed by atoms with Gasteiger partial charge in [-0.1, -0.05) is 0 Å². The highest BCUT2D eigenvalue weighted by molar-refractivity contribution is 14.1. The van der Waals surface area contributed by atoms with Crippen LogP contribution in [0.1, 0.15) is 17.3 Å². The van der Waals surface area contributed by atoms with E-state index in [0.29, 0.717) is 6.54 Å². The molecule has 0 saturated heterocycles. The van der Waals surface area contributed by atoms with Crippen molar-refractivity contribution in [3.05, 3.63) is 37.4 Å². The Morgan fingerprint density at radius 1 is 1.60 bits per heavy atom. The Balaban J connectivity index is 3.17. The van der Waals surface area contributed by atoms with Crippen molar-refractivity contribution in [1.29, 1.82) is 0 Å². The molecule has 0 unspecified atom stereocenters. The highest BCUT2D eigenvalue weighted by Gasteiger charge is 2.19. The quantitative estimate of drug-likeness (QED) is 0.526. The van der Waals surface area contributed by atoms with Gasteiger partial charge >= 0.3 is 0 Å². The molecule has 0 aromatic heterocycles. The molecule has 1 amide bonds. The average Bonchev–Trinajstić information content (AvgIpc) is 2.17. The van der Waals surface area contributed by atoms with Gasteiger partial charge in [0.05, 0.1) is 4.92 Å². The first-order chi connectivity index (χ1) is 7.06. The number of amides is 1. The van der Waals surface area contributed by atoms with E-state index in [1.165, 1.54) is 12.1 Å². The van der Waals surface area contributed by atoms with Crippen LogP contribution >= 0.6 is 22.6 Å². The first kappa shape index (κ1) is 11.9. The van der Waals surface area contributed by atoms with E-state index in [1.807, 2.05) is 22.6 Å². The molecule has 80 valence electrons. The summed E-state index contributed by atoms with van der Waals surface area (Å²) in [7, 11) is 0. The van der Waals surface area contributed by atoms with Crippen LogP contribution in [0.15, 0.2) is 18.2 Å². The fraction of sp³-hybridized carbons (Fsp3) is 0.222. The van der Waals surface area contributed by atoms with E-state index >= 15 is 0 Å². The van der Waals surface area contributed by atoms with Crippen LogP contribution in [0.25, 0.3) is 0 Å². The lowest BCUT2D eigenvalue weighted by Gasteiger charge is -2.03. The van der Waals surface area contributed by atoms with Gasteiger partial charge in [0.1, 0.15) is 5.56 Å². The molecule has 5 nitrogen and oxygen atoms in total. The topological polar surface area (TPSA) is 72.2 Å². The number of benzene rings is 1. The molecule has 0 aliphatic carbocycles. The molecule has 1 aromatic rings. The van der Waals surface area contributed by atoms with Crippen LogP contribution < -0.4 is 5.32 Å². The summed E-state index contributed by atoms with van der Waals surface area (Å²) in [4.78, 5) is 21.6. The third kappa shape index (κ3) is 2.88. The van der Waals surface area contributed by atoms with Gasteiger partial charge in [-0.25, -0.2) is 0 Å². The van der Waals surface area contributed by atoms with Gasteiger partial charge in [-0.15, -0.1) is 0 Å². The van der Waals surface area contributed by atoms with Crippen LogP contribution in [0.2, 0.25) is 0 Å². The summed E-state index contributed by atoms with van der Waals surface area (Å²) in [5, 5.41) is 13.2. The summed E-state index contributed by atoms with van der Waals surface area (Å²) in [6.07, 6.45) is 0. The second-order valence-corrected chi connectivity index (χ2v) is 4.02. The van der Waals surface area contributed by atoms with Gasteiger partial charge in [0, 0.05) is 16.2 Å². The molecule has 0 aliphatic heterocycles. The normalized spacial score (nSPS) is 9.73. The maximum absolute atomic E-state index is 11.5. The lowest BCUT2D eigenvalue weighted by Crippen LogP contribution is -2.23. The average molecular weight is 320 g/mol. The van der Waals surface area contributed by atoms with E-state index in [4.69, 9.17) is 0 Å². The van der Waals surface area contributed by atoms with Gasteiger partial charge in [-0.3, -0.25) is 14.9 Å². The Kier molecular flexibility index (Phi) is 4.01. The lowest BCUT2D eigenvalue weighted by atomic mass is 10.1. The molecule has 0 aliphatic rings.